The Morgan fingerprint density at radius 1 is 0.337 bits per heavy atom. The van der Waals surface area contributed by atoms with Crippen LogP contribution in [0.25, 0.3) is 11.1 Å². The zero-order valence-corrected chi connectivity index (χ0v) is 54.1. The number of hydrogen-bond acceptors (Lipinski definition) is 3. The molecule has 2 atom stereocenters. The van der Waals surface area contributed by atoms with Crippen molar-refractivity contribution in [3.05, 3.63) is 345 Å². The molecule has 0 bridgehead atoms. The average Bonchev–Trinajstić information content (AvgIpc) is 1.46. The van der Waals surface area contributed by atoms with Crippen LogP contribution in [0, 0.1) is 0 Å². The van der Waals surface area contributed by atoms with Crippen molar-refractivity contribution in [1.82, 2.24) is 0 Å². The van der Waals surface area contributed by atoms with E-state index in [1.807, 2.05) is 0 Å². The van der Waals surface area contributed by atoms with Gasteiger partial charge in [-0.3, -0.25) is 0 Å². The predicted octanol–water partition coefficient (Wildman–Crippen LogP) is 13.9. The van der Waals surface area contributed by atoms with Crippen LogP contribution in [0.5, 0.6) is 0 Å². The summed E-state index contributed by atoms with van der Waals surface area (Å²) in [5, 5.41) is 10.8. The molecule has 3 nitrogen and oxygen atoms in total. The molecule has 6 heteroatoms. The SMILES string of the molecule is CC12CCCCC1(C)N1c3cc(N(c4ccc([Si](c5ccccc5)(c5ccccc5)c5ccccc5)cc4)c4ccc([Si](c5ccccc5)(c5ccccc5)c5ccccc5)cc4)cc4c3B(c3ccccc3N4c3ccccc3)c3cc(-c4ccccc4)cc2c31. The van der Waals surface area contributed by atoms with Crippen LogP contribution in [-0.4, -0.2) is 28.4 Å². The minimum Gasteiger partial charge on any atom is -0.335 e. The largest absolute Gasteiger partial charge is 0.335 e. The molecule has 92 heavy (non-hydrogen) atoms. The van der Waals surface area contributed by atoms with E-state index < -0.39 is 16.1 Å². The molecule has 0 aromatic heterocycles. The minimum absolute atomic E-state index is 0.0164. The third-order valence-corrected chi connectivity index (χ3v) is 31.3. The minimum atomic E-state index is -2.88. The van der Waals surface area contributed by atoms with Gasteiger partial charge in [-0.05, 0) is 155 Å². The Morgan fingerprint density at radius 3 is 1.20 bits per heavy atom. The molecule has 0 N–H and O–H groups in total. The lowest BCUT2D eigenvalue weighted by Crippen LogP contribution is -2.74. The van der Waals surface area contributed by atoms with E-state index in [0.29, 0.717) is 0 Å². The number of para-hydroxylation sites is 2. The number of nitrogens with zero attached hydrogens (tertiary/aromatic N) is 3. The van der Waals surface area contributed by atoms with Crippen LogP contribution in [0.15, 0.2) is 340 Å². The molecule has 1 saturated carbocycles. The highest BCUT2D eigenvalue weighted by Gasteiger charge is 2.61. The van der Waals surface area contributed by atoms with Crippen molar-refractivity contribution in [3.8, 4) is 11.1 Å². The molecule has 0 spiro atoms. The Labute approximate surface area is 544 Å². The third kappa shape index (κ3) is 8.40. The second-order valence-electron chi connectivity index (χ2n) is 26.2. The van der Waals surface area contributed by atoms with Gasteiger partial charge < -0.3 is 14.7 Å². The van der Waals surface area contributed by atoms with E-state index >= 15 is 0 Å². The summed E-state index contributed by atoms with van der Waals surface area (Å²) in [4.78, 5) is 8.07. The van der Waals surface area contributed by atoms with Crippen LogP contribution in [0.4, 0.5) is 45.5 Å². The summed E-state index contributed by atoms with van der Waals surface area (Å²) in [7, 11) is -5.77. The fourth-order valence-corrected chi connectivity index (χ4v) is 26.8. The van der Waals surface area contributed by atoms with E-state index in [2.05, 4.69) is 368 Å². The van der Waals surface area contributed by atoms with Gasteiger partial charge in [0.15, 0.2) is 16.1 Å². The van der Waals surface area contributed by atoms with Gasteiger partial charge in [0.05, 0.1) is 11.2 Å². The van der Waals surface area contributed by atoms with E-state index in [9.17, 15) is 0 Å². The first-order chi connectivity index (χ1) is 45.4. The molecule has 3 heterocycles. The van der Waals surface area contributed by atoms with Crippen molar-refractivity contribution < 1.29 is 0 Å². The first-order valence-corrected chi connectivity index (χ1v) is 36.9. The lowest BCUT2D eigenvalue weighted by molar-refractivity contribution is 0.195. The summed E-state index contributed by atoms with van der Waals surface area (Å²) < 4.78 is 0. The van der Waals surface area contributed by atoms with E-state index in [-0.39, 0.29) is 17.7 Å². The zero-order valence-electron chi connectivity index (χ0n) is 52.1. The molecule has 440 valence electrons. The highest BCUT2D eigenvalue weighted by Crippen LogP contribution is 2.63. The number of benzene rings is 13. The molecular formula is C86H70BN3Si2. The van der Waals surface area contributed by atoms with Crippen molar-refractivity contribution in [2.24, 2.45) is 0 Å². The lowest BCUT2D eigenvalue weighted by Gasteiger charge is -2.53. The molecular weight excluding hydrogens is 1140 g/mol. The third-order valence-electron chi connectivity index (χ3n) is 21.7. The number of rotatable bonds is 13. The average molecular weight is 1210 g/mol. The van der Waals surface area contributed by atoms with Gasteiger partial charge >= 0.3 is 0 Å². The van der Waals surface area contributed by atoms with Crippen LogP contribution >= 0.6 is 0 Å². The fourth-order valence-electron chi connectivity index (χ4n) is 17.4. The van der Waals surface area contributed by atoms with Crippen LogP contribution in [0.3, 0.4) is 0 Å². The van der Waals surface area contributed by atoms with E-state index in [1.54, 1.807) is 0 Å². The van der Waals surface area contributed by atoms with Crippen LogP contribution in [-0.2, 0) is 5.41 Å². The molecule has 13 aromatic rings. The molecule has 17 rings (SSSR count). The number of anilines is 8. The molecule has 13 aromatic carbocycles. The van der Waals surface area contributed by atoms with Gasteiger partial charge in [0.1, 0.15) is 0 Å². The molecule has 4 aliphatic rings. The maximum absolute atomic E-state index is 2.89. The molecule has 0 saturated heterocycles. The second kappa shape index (κ2) is 22.3. The van der Waals surface area contributed by atoms with Crippen molar-refractivity contribution in [2.45, 2.75) is 50.5 Å². The van der Waals surface area contributed by atoms with Crippen LogP contribution in [0.2, 0.25) is 0 Å². The summed E-state index contributed by atoms with van der Waals surface area (Å²) in [5.41, 5.74) is 17.5. The van der Waals surface area contributed by atoms with E-state index in [0.717, 1.165) is 35.6 Å². The van der Waals surface area contributed by atoms with Crippen molar-refractivity contribution in [2.75, 3.05) is 14.7 Å². The Kier molecular flexibility index (Phi) is 13.5. The highest BCUT2D eigenvalue weighted by atomic mass is 28.3. The van der Waals surface area contributed by atoms with Crippen molar-refractivity contribution >= 4 is 126 Å². The highest BCUT2D eigenvalue weighted by molar-refractivity contribution is 7.20. The van der Waals surface area contributed by atoms with Gasteiger partial charge in [-0.25, -0.2) is 0 Å². The van der Waals surface area contributed by atoms with Gasteiger partial charge in [-0.2, -0.15) is 0 Å². The number of hydrogen-bond donors (Lipinski definition) is 0. The second-order valence-corrected chi connectivity index (χ2v) is 33.8. The van der Waals surface area contributed by atoms with Crippen LogP contribution < -0.4 is 72.6 Å². The van der Waals surface area contributed by atoms with E-state index in [4.69, 9.17) is 0 Å². The van der Waals surface area contributed by atoms with Crippen molar-refractivity contribution in [3.63, 3.8) is 0 Å². The van der Waals surface area contributed by atoms with Gasteiger partial charge in [0.25, 0.3) is 6.71 Å². The Hall–Kier alpha value is -10.2. The maximum Gasteiger partial charge on any atom is 0.252 e. The van der Waals surface area contributed by atoms with Gasteiger partial charge in [0, 0.05) is 45.2 Å². The van der Waals surface area contributed by atoms with Gasteiger partial charge in [0.2, 0.25) is 0 Å². The van der Waals surface area contributed by atoms with Gasteiger partial charge in [-0.15, -0.1) is 0 Å². The first kappa shape index (κ1) is 55.8. The number of fused-ring (bicyclic) bond motifs is 7. The Bertz CT molecular complexity index is 4470. The quantitative estimate of drug-likeness (QED) is 0.0841. The maximum atomic E-state index is 2.89. The molecule has 1 aliphatic carbocycles. The first-order valence-electron chi connectivity index (χ1n) is 32.9. The molecule has 0 amide bonds. The summed E-state index contributed by atoms with van der Waals surface area (Å²) in [6.07, 6.45) is 4.63. The van der Waals surface area contributed by atoms with Gasteiger partial charge in [-0.1, -0.05) is 299 Å². The summed E-state index contributed by atoms with van der Waals surface area (Å²) >= 11 is 0. The normalized spacial score (nSPS) is 16.9. The standard InChI is InChI=1S/C86H70BN3Si2/c1-85-57-29-30-58-86(85,2)90-82-62-68(61-81-83(82)87(78-47-27-28-48-80(78)89(81)65-33-13-4-14-34-65)79-60-64(59-77(85)84(79)90)63-31-11-3-12-32-63)88(66-49-53-75(54-50-66)91(69-35-15-5-16-36-69,70-37-17-6-18-38-70)71-39-19-7-20-40-71)67-51-55-76(56-52-67)92(72-41-21-8-22-42-72,73-43-23-9-24-44-73)74-45-25-10-26-46-74/h3-28,31-56,59-62H,29-30,57-58H2,1-2H3. The Balaban J connectivity index is 0.946. The van der Waals surface area contributed by atoms with E-state index in [1.165, 1.54) is 110 Å². The molecule has 1 fully saturated rings. The smallest absolute Gasteiger partial charge is 0.252 e. The molecule has 3 aliphatic heterocycles. The lowest BCUT2D eigenvalue weighted by atomic mass is 9.33. The van der Waals surface area contributed by atoms with Crippen LogP contribution in [0.1, 0.15) is 45.1 Å². The molecule has 0 radical (unpaired) electrons. The zero-order chi connectivity index (χ0) is 61.4. The fraction of sp³-hybridized carbons (Fsp3) is 0.0930. The Morgan fingerprint density at radius 2 is 0.728 bits per heavy atom. The summed E-state index contributed by atoms with van der Waals surface area (Å²) in [5.74, 6) is 0. The summed E-state index contributed by atoms with van der Waals surface area (Å²) in [6, 6.07) is 129. The predicted molar refractivity (Wildman–Crippen MR) is 396 cm³/mol. The molecule has 2 unspecified atom stereocenters. The summed E-state index contributed by atoms with van der Waals surface area (Å²) in [6.45, 7) is 5.21. The topological polar surface area (TPSA) is 9.72 Å². The monoisotopic (exact) mass is 1210 g/mol. The van der Waals surface area contributed by atoms with Crippen molar-refractivity contribution in [1.29, 1.82) is 0 Å².